The second-order valence-electron chi connectivity index (χ2n) is 7.02. The van der Waals surface area contributed by atoms with E-state index in [1.807, 2.05) is 19.0 Å². The first kappa shape index (κ1) is 19.1. The molecule has 8 nitrogen and oxygen atoms in total. The zero-order valence-corrected chi connectivity index (χ0v) is 16.1. The first-order chi connectivity index (χ1) is 12.3. The topological polar surface area (TPSA) is 100 Å². The van der Waals surface area contributed by atoms with E-state index in [1.54, 1.807) is 19.1 Å². The molecule has 1 aliphatic heterocycles. The minimum atomic E-state index is -3.81. The van der Waals surface area contributed by atoms with Gasteiger partial charge in [-0.05, 0) is 51.9 Å². The lowest BCUT2D eigenvalue weighted by Crippen LogP contribution is -2.42. The number of sulfonamides is 1. The molecule has 0 amide bonds. The Balaban J connectivity index is 1.89. The summed E-state index contributed by atoms with van der Waals surface area (Å²) >= 11 is 0. The van der Waals surface area contributed by atoms with Crippen molar-refractivity contribution in [1.29, 1.82) is 0 Å². The maximum Gasteiger partial charge on any atom is 0.276 e. The highest BCUT2D eigenvalue weighted by molar-refractivity contribution is 7.89. The zero-order valence-electron chi connectivity index (χ0n) is 15.3. The minimum Gasteiger partial charge on any atom is -0.440 e. The highest BCUT2D eigenvalue weighted by Gasteiger charge is 2.35. The molecular weight excluding hydrogens is 358 g/mol. The van der Waals surface area contributed by atoms with Gasteiger partial charge in [0, 0.05) is 31.8 Å². The molecule has 0 radical (unpaired) electrons. The third-order valence-corrected chi connectivity index (χ3v) is 6.53. The molecule has 1 fully saturated rings. The number of aromatic nitrogens is 1. The fourth-order valence-electron chi connectivity index (χ4n) is 3.17. The molecular formula is C17H25N3O5S. The van der Waals surface area contributed by atoms with Gasteiger partial charge >= 0.3 is 0 Å². The third-order valence-electron chi connectivity index (χ3n) is 4.82. The number of hydrogen-bond acceptors (Lipinski definition) is 7. The van der Waals surface area contributed by atoms with Crippen LogP contribution in [0.2, 0.25) is 0 Å². The molecule has 9 heteroatoms. The molecule has 1 N–H and O–H groups in total. The summed E-state index contributed by atoms with van der Waals surface area (Å²) in [5.74, 6) is 0.627. The van der Waals surface area contributed by atoms with Gasteiger partial charge in [-0.1, -0.05) is 5.16 Å². The predicted molar refractivity (Wildman–Crippen MR) is 95.0 cm³/mol. The summed E-state index contributed by atoms with van der Waals surface area (Å²) in [7, 11) is 0.0646. The van der Waals surface area contributed by atoms with E-state index < -0.39 is 10.0 Å². The SMILES string of the molecule is Cc1cc(-c2ccc(S(=O)(=O)N3C[C@@H](CO)CC[C@@H](N(C)C)C3)o2)on1. The van der Waals surface area contributed by atoms with Crippen LogP contribution in [0.4, 0.5) is 0 Å². The van der Waals surface area contributed by atoms with Crippen molar-refractivity contribution in [1.82, 2.24) is 14.4 Å². The molecule has 1 saturated heterocycles. The van der Waals surface area contributed by atoms with Crippen molar-refractivity contribution >= 4 is 10.0 Å². The summed E-state index contributed by atoms with van der Waals surface area (Å²) in [6, 6.07) is 4.78. The molecule has 0 spiro atoms. The molecule has 2 atom stereocenters. The van der Waals surface area contributed by atoms with Crippen molar-refractivity contribution in [3.63, 3.8) is 0 Å². The van der Waals surface area contributed by atoms with Gasteiger partial charge in [-0.25, -0.2) is 8.42 Å². The first-order valence-electron chi connectivity index (χ1n) is 8.62. The van der Waals surface area contributed by atoms with Gasteiger partial charge < -0.3 is 18.9 Å². The number of aryl methyl sites for hydroxylation is 1. The van der Waals surface area contributed by atoms with E-state index in [0.29, 0.717) is 23.8 Å². The average molecular weight is 383 g/mol. The Kier molecular flexibility index (Phi) is 5.52. The van der Waals surface area contributed by atoms with Gasteiger partial charge in [0.15, 0.2) is 5.76 Å². The van der Waals surface area contributed by atoms with Gasteiger partial charge in [-0.15, -0.1) is 0 Å². The first-order valence-corrected chi connectivity index (χ1v) is 10.1. The molecule has 3 heterocycles. The van der Waals surface area contributed by atoms with E-state index in [-0.39, 0.29) is 30.2 Å². The molecule has 144 valence electrons. The predicted octanol–water partition coefficient (Wildman–Crippen LogP) is 1.57. The van der Waals surface area contributed by atoms with Gasteiger partial charge in [-0.2, -0.15) is 4.31 Å². The summed E-state index contributed by atoms with van der Waals surface area (Å²) in [5.41, 5.74) is 0.688. The molecule has 2 aromatic rings. The molecule has 0 aliphatic carbocycles. The highest BCUT2D eigenvalue weighted by Crippen LogP contribution is 2.29. The van der Waals surface area contributed by atoms with Crippen molar-refractivity contribution in [3.05, 3.63) is 23.9 Å². The highest BCUT2D eigenvalue weighted by atomic mass is 32.2. The summed E-state index contributed by atoms with van der Waals surface area (Å²) in [4.78, 5) is 2.02. The minimum absolute atomic E-state index is 0.0348. The maximum atomic E-state index is 13.1. The van der Waals surface area contributed by atoms with Crippen molar-refractivity contribution in [2.45, 2.75) is 30.9 Å². The molecule has 26 heavy (non-hydrogen) atoms. The molecule has 0 aromatic carbocycles. The zero-order chi connectivity index (χ0) is 18.9. The standard InChI is InChI=1S/C17H25N3O5S/c1-12-8-16(25-18-12)15-6-7-17(24-15)26(22,23)20-9-13(11-21)4-5-14(10-20)19(2)3/h6-8,13-14,21H,4-5,9-11H2,1-3H3/t13-,14+/m0/s1. The van der Waals surface area contributed by atoms with Gasteiger partial charge in [0.2, 0.25) is 10.9 Å². The molecule has 2 aromatic heterocycles. The lowest BCUT2D eigenvalue weighted by molar-refractivity contribution is 0.203. The largest absolute Gasteiger partial charge is 0.440 e. The van der Waals surface area contributed by atoms with Crippen molar-refractivity contribution in [2.24, 2.45) is 5.92 Å². The second-order valence-corrected chi connectivity index (χ2v) is 8.89. The summed E-state index contributed by atoms with van der Waals surface area (Å²) in [5, 5.41) is 13.2. The van der Waals surface area contributed by atoms with Crippen molar-refractivity contribution in [2.75, 3.05) is 33.8 Å². The molecule has 3 rings (SSSR count). The van der Waals surface area contributed by atoms with Crippen LogP contribution in [-0.4, -0.2) is 67.7 Å². The van der Waals surface area contributed by atoms with Crippen molar-refractivity contribution in [3.8, 4) is 11.5 Å². The van der Waals surface area contributed by atoms with E-state index >= 15 is 0 Å². The Labute approximate surface area is 153 Å². The fourth-order valence-corrected chi connectivity index (χ4v) is 4.64. The number of furan rings is 1. The Morgan fingerprint density at radius 2 is 2.04 bits per heavy atom. The van der Waals surface area contributed by atoms with Crippen LogP contribution in [-0.2, 0) is 10.0 Å². The monoisotopic (exact) mass is 383 g/mol. The Hall–Kier alpha value is -1.68. The van der Waals surface area contributed by atoms with Gasteiger partial charge in [0.25, 0.3) is 10.0 Å². The number of aliphatic hydroxyl groups is 1. The smallest absolute Gasteiger partial charge is 0.276 e. The Bertz CT molecular complexity index is 842. The fraction of sp³-hybridized carbons (Fsp3) is 0.588. The average Bonchev–Trinajstić information content (AvgIpc) is 3.18. The van der Waals surface area contributed by atoms with E-state index in [1.165, 1.54) is 10.4 Å². The van der Waals surface area contributed by atoms with E-state index in [9.17, 15) is 13.5 Å². The number of aliphatic hydroxyl groups excluding tert-OH is 1. The second kappa shape index (κ2) is 7.51. The van der Waals surface area contributed by atoms with Gasteiger partial charge in [0.05, 0.1) is 5.69 Å². The van der Waals surface area contributed by atoms with Crippen LogP contribution < -0.4 is 0 Å². The Morgan fingerprint density at radius 3 is 2.65 bits per heavy atom. The Morgan fingerprint density at radius 1 is 1.27 bits per heavy atom. The molecule has 0 bridgehead atoms. The summed E-state index contributed by atoms with van der Waals surface area (Å²) in [6.07, 6.45) is 1.62. The van der Waals surface area contributed by atoms with E-state index in [0.717, 1.165) is 12.8 Å². The third kappa shape index (κ3) is 3.85. The van der Waals surface area contributed by atoms with E-state index in [4.69, 9.17) is 8.94 Å². The van der Waals surface area contributed by atoms with Gasteiger partial charge in [-0.3, -0.25) is 0 Å². The lowest BCUT2D eigenvalue weighted by Gasteiger charge is -2.27. The van der Waals surface area contributed by atoms with Crippen LogP contribution in [0.5, 0.6) is 0 Å². The molecule has 0 unspecified atom stereocenters. The van der Waals surface area contributed by atoms with Crippen LogP contribution in [0.15, 0.2) is 32.2 Å². The van der Waals surface area contributed by atoms with E-state index in [2.05, 4.69) is 5.16 Å². The molecule has 0 saturated carbocycles. The van der Waals surface area contributed by atoms with Crippen LogP contribution in [0.25, 0.3) is 11.5 Å². The van der Waals surface area contributed by atoms with Crippen LogP contribution in [0.3, 0.4) is 0 Å². The normalized spacial score (nSPS) is 22.7. The molecule has 1 aliphatic rings. The summed E-state index contributed by atoms with van der Waals surface area (Å²) < 4.78 is 38.3. The van der Waals surface area contributed by atoms with Crippen LogP contribution >= 0.6 is 0 Å². The number of hydrogen-bond donors (Lipinski definition) is 1. The quantitative estimate of drug-likeness (QED) is 0.836. The number of nitrogens with zero attached hydrogens (tertiary/aromatic N) is 3. The van der Waals surface area contributed by atoms with Gasteiger partial charge in [0.1, 0.15) is 0 Å². The lowest BCUT2D eigenvalue weighted by atomic mass is 10.0. The number of likely N-dealkylation sites (N-methyl/N-ethyl adjacent to an activating group) is 1. The summed E-state index contributed by atoms with van der Waals surface area (Å²) in [6.45, 7) is 2.39. The van der Waals surface area contributed by atoms with Crippen LogP contribution in [0.1, 0.15) is 18.5 Å². The van der Waals surface area contributed by atoms with Crippen LogP contribution in [0, 0.1) is 12.8 Å². The van der Waals surface area contributed by atoms with Crippen molar-refractivity contribution < 1.29 is 22.5 Å². The number of rotatable bonds is 5. The maximum absolute atomic E-state index is 13.1.